The molecule has 1 aromatic rings. The fourth-order valence-corrected chi connectivity index (χ4v) is 5.45. The van der Waals surface area contributed by atoms with Crippen LogP contribution in [0.1, 0.15) is 51.9 Å². The molecule has 2 aliphatic heterocycles. The van der Waals surface area contributed by atoms with E-state index in [0.29, 0.717) is 31.0 Å². The first-order chi connectivity index (χ1) is 14.6. The zero-order valence-corrected chi connectivity index (χ0v) is 18.3. The molecule has 2 heterocycles. The van der Waals surface area contributed by atoms with Crippen LogP contribution in [0.25, 0.3) is 0 Å². The number of para-hydroxylation sites is 1. The van der Waals surface area contributed by atoms with Gasteiger partial charge in [0, 0.05) is 44.5 Å². The van der Waals surface area contributed by atoms with Gasteiger partial charge < -0.3 is 15.1 Å². The molecule has 0 aromatic heterocycles. The minimum absolute atomic E-state index is 0.00705. The molecule has 2 unspecified atom stereocenters. The number of amides is 3. The zero-order valence-electron chi connectivity index (χ0n) is 18.3. The summed E-state index contributed by atoms with van der Waals surface area (Å²) >= 11 is 0. The Kier molecular flexibility index (Phi) is 6.93. The van der Waals surface area contributed by atoms with Crippen molar-refractivity contribution in [1.82, 2.24) is 14.7 Å². The summed E-state index contributed by atoms with van der Waals surface area (Å²) in [6, 6.07) is 9.90. The second kappa shape index (κ2) is 9.82. The summed E-state index contributed by atoms with van der Waals surface area (Å²) in [5, 5.41) is 2.98. The number of likely N-dealkylation sites (tertiary alicyclic amines) is 1. The lowest BCUT2D eigenvalue weighted by Gasteiger charge is -2.44. The molecule has 1 aromatic carbocycles. The van der Waals surface area contributed by atoms with Crippen LogP contribution in [0.15, 0.2) is 30.3 Å². The number of benzene rings is 1. The van der Waals surface area contributed by atoms with Gasteiger partial charge in [0.15, 0.2) is 0 Å². The van der Waals surface area contributed by atoms with Crippen molar-refractivity contribution >= 4 is 17.6 Å². The van der Waals surface area contributed by atoms with E-state index < -0.39 is 0 Å². The third-order valence-electron chi connectivity index (χ3n) is 7.21. The maximum atomic E-state index is 13.6. The van der Waals surface area contributed by atoms with E-state index >= 15 is 0 Å². The lowest BCUT2D eigenvalue weighted by molar-refractivity contribution is -0.143. The number of carbonyl (C=O) groups is 2. The highest BCUT2D eigenvalue weighted by Crippen LogP contribution is 2.33. The van der Waals surface area contributed by atoms with Gasteiger partial charge >= 0.3 is 6.03 Å². The number of piperidine rings is 1. The highest BCUT2D eigenvalue weighted by molar-refractivity contribution is 5.89. The van der Waals surface area contributed by atoms with Crippen molar-refractivity contribution < 1.29 is 9.59 Å². The van der Waals surface area contributed by atoms with E-state index in [1.54, 1.807) is 0 Å². The summed E-state index contributed by atoms with van der Waals surface area (Å²) in [6.07, 6.45) is 8.28. The summed E-state index contributed by atoms with van der Waals surface area (Å²) < 4.78 is 0. The average Bonchev–Trinajstić information content (AvgIpc) is 3.29. The maximum Gasteiger partial charge on any atom is 0.321 e. The van der Waals surface area contributed by atoms with Crippen LogP contribution in [0.2, 0.25) is 0 Å². The average molecular weight is 413 g/mol. The summed E-state index contributed by atoms with van der Waals surface area (Å²) in [6.45, 7) is 6.00. The fourth-order valence-electron chi connectivity index (χ4n) is 5.45. The number of piperazine rings is 1. The number of hydrogen-bond donors (Lipinski definition) is 1. The Bertz CT molecular complexity index is 711. The van der Waals surface area contributed by atoms with Crippen LogP contribution in [0, 0.1) is 5.92 Å². The molecule has 1 saturated carbocycles. The van der Waals surface area contributed by atoms with Gasteiger partial charge in [-0.1, -0.05) is 31.0 Å². The lowest BCUT2D eigenvalue weighted by atomic mass is 9.92. The Balaban J connectivity index is 1.39. The standard InChI is InChI=1S/C24H36N4O2/c1-19-9-7-8-14-28(19)23(29)22(20-10-5-6-11-20)26-15-17-27(18-16-26)24(30)25-21-12-3-2-4-13-21/h2-4,12-13,19-20,22H,5-11,14-18H2,1H3,(H,25,30). The Morgan fingerprint density at radius 2 is 1.57 bits per heavy atom. The molecular weight excluding hydrogens is 376 g/mol. The summed E-state index contributed by atoms with van der Waals surface area (Å²) in [5.74, 6) is 0.813. The highest BCUT2D eigenvalue weighted by Gasteiger charge is 2.40. The number of nitrogens with zero attached hydrogens (tertiary/aromatic N) is 3. The van der Waals surface area contributed by atoms with Gasteiger partial charge in [0.1, 0.15) is 0 Å². The van der Waals surface area contributed by atoms with E-state index in [-0.39, 0.29) is 12.1 Å². The second-order valence-corrected chi connectivity index (χ2v) is 9.19. The van der Waals surface area contributed by atoms with Gasteiger partial charge in [-0.25, -0.2) is 4.79 Å². The van der Waals surface area contributed by atoms with E-state index in [4.69, 9.17) is 0 Å². The number of hydrogen-bond acceptors (Lipinski definition) is 3. The quantitative estimate of drug-likeness (QED) is 0.818. The van der Waals surface area contributed by atoms with Gasteiger partial charge in [-0.3, -0.25) is 9.69 Å². The molecule has 2 atom stereocenters. The van der Waals surface area contributed by atoms with Crippen LogP contribution >= 0.6 is 0 Å². The molecule has 0 spiro atoms. The Labute approximate surface area is 180 Å². The minimum Gasteiger partial charge on any atom is -0.339 e. The lowest BCUT2D eigenvalue weighted by Crippen LogP contribution is -2.60. The predicted molar refractivity (Wildman–Crippen MR) is 119 cm³/mol. The van der Waals surface area contributed by atoms with E-state index in [9.17, 15) is 9.59 Å². The zero-order chi connectivity index (χ0) is 20.9. The number of nitrogens with one attached hydrogen (secondary N) is 1. The molecule has 30 heavy (non-hydrogen) atoms. The predicted octanol–water partition coefficient (Wildman–Crippen LogP) is 3.80. The van der Waals surface area contributed by atoms with Gasteiger partial charge in [0.2, 0.25) is 5.91 Å². The molecule has 2 saturated heterocycles. The van der Waals surface area contributed by atoms with Crippen LogP contribution in [0.5, 0.6) is 0 Å². The van der Waals surface area contributed by atoms with Crippen molar-refractivity contribution in [2.75, 3.05) is 38.0 Å². The minimum atomic E-state index is -0.0470. The van der Waals surface area contributed by atoms with Crippen LogP contribution in [-0.4, -0.2) is 71.4 Å². The van der Waals surface area contributed by atoms with Crippen LogP contribution in [-0.2, 0) is 4.79 Å². The molecule has 3 amide bonds. The first-order valence-corrected chi connectivity index (χ1v) is 11.8. The largest absolute Gasteiger partial charge is 0.339 e. The van der Waals surface area contributed by atoms with E-state index in [0.717, 1.165) is 51.0 Å². The molecule has 3 aliphatic rings. The van der Waals surface area contributed by atoms with Crippen molar-refractivity contribution in [2.24, 2.45) is 5.92 Å². The Morgan fingerprint density at radius 1 is 0.900 bits per heavy atom. The SMILES string of the molecule is CC1CCCCN1C(=O)C(C1CCCC1)N1CCN(C(=O)Nc2ccccc2)CC1. The number of carbonyl (C=O) groups excluding carboxylic acids is 2. The summed E-state index contributed by atoms with van der Waals surface area (Å²) in [4.78, 5) is 32.7. The van der Waals surface area contributed by atoms with Crippen molar-refractivity contribution in [1.29, 1.82) is 0 Å². The van der Waals surface area contributed by atoms with Gasteiger partial charge in [0.05, 0.1) is 6.04 Å². The van der Waals surface area contributed by atoms with Crippen LogP contribution in [0.3, 0.4) is 0 Å². The van der Waals surface area contributed by atoms with Crippen LogP contribution in [0.4, 0.5) is 10.5 Å². The smallest absolute Gasteiger partial charge is 0.321 e. The number of urea groups is 1. The van der Waals surface area contributed by atoms with Gasteiger partial charge in [-0.05, 0) is 57.1 Å². The molecule has 0 radical (unpaired) electrons. The van der Waals surface area contributed by atoms with Gasteiger partial charge in [-0.15, -0.1) is 0 Å². The summed E-state index contributed by atoms with van der Waals surface area (Å²) in [7, 11) is 0. The van der Waals surface area contributed by atoms with Crippen molar-refractivity contribution in [2.45, 2.75) is 64.0 Å². The molecular formula is C24H36N4O2. The topological polar surface area (TPSA) is 55.9 Å². The first-order valence-electron chi connectivity index (χ1n) is 11.8. The molecule has 6 nitrogen and oxygen atoms in total. The molecule has 3 fully saturated rings. The van der Waals surface area contributed by atoms with E-state index in [2.05, 4.69) is 22.0 Å². The molecule has 6 heteroatoms. The summed E-state index contributed by atoms with van der Waals surface area (Å²) in [5.41, 5.74) is 0.822. The first kappa shape index (κ1) is 21.2. The molecule has 1 N–H and O–H groups in total. The highest BCUT2D eigenvalue weighted by atomic mass is 16.2. The number of anilines is 1. The third kappa shape index (κ3) is 4.80. The second-order valence-electron chi connectivity index (χ2n) is 9.19. The molecule has 0 bridgehead atoms. The van der Waals surface area contributed by atoms with Crippen molar-refractivity contribution in [3.05, 3.63) is 30.3 Å². The maximum absolute atomic E-state index is 13.6. The Morgan fingerprint density at radius 3 is 2.23 bits per heavy atom. The Hall–Kier alpha value is -2.08. The normalized spacial score (nSPS) is 24.6. The molecule has 1 aliphatic carbocycles. The van der Waals surface area contributed by atoms with Crippen molar-refractivity contribution in [3.63, 3.8) is 0 Å². The number of rotatable bonds is 4. The van der Waals surface area contributed by atoms with Crippen molar-refractivity contribution in [3.8, 4) is 0 Å². The monoisotopic (exact) mass is 412 g/mol. The fraction of sp³-hybridized carbons (Fsp3) is 0.667. The third-order valence-corrected chi connectivity index (χ3v) is 7.21. The van der Waals surface area contributed by atoms with Gasteiger partial charge in [0.25, 0.3) is 0 Å². The molecule has 4 rings (SSSR count). The van der Waals surface area contributed by atoms with E-state index in [1.165, 1.54) is 19.3 Å². The van der Waals surface area contributed by atoms with E-state index in [1.807, 2.05) is 35.2 Å². The van der Waals surface area contributed by atoms with Crippen LogP contribution < -0.4 is 5.32 Å². The molecule has 164 valence electrons. The van der Waals surface area contributed by atoms with Gasteiger partial charge in [-0.2, -0.15) is 0 Å².